The molecule has 2 aromatic rings. The average Bonchev–Trinajstić information content (AvgIpc) is 2.80. The van der Waals surface area contributed by atoms with E-state index >= 15 is 0 Å². The summed E-state index contributed by atoms with van der Waals surface area (Å²) in [4.78, 5) is 23.7. The van der Waals surface area contributed by atoms with Crippen molar-refractivity contribution in [3.8, 4) is 5.69 Å². The van der Waals surface area contributed by atoms with E-state index in [9.17, 15) is 9.59 Å². The van der Waals surface area contributed by atoms with Crippen molar-refractivity contribution in [3.63, 3.8) is 0 Å². The Kier molecular flexibility index (Phi) is 5.39. The minimum absolute atomic E-state index is 0.0210. The van der Waals surface area contributed by atoms with E-state index in [0.29, 0.717) is 5.69 Å². The van der Waals surface area contributed by atoms with E-state index in [-0.39, 0.29) is 29.3 Å². The van der Waals surface area contributed by atoms with Gasteiger partial charge in [-0.25, -0.2) is 9.48 Å². The number of hydrogen-bond donors (Lipinski definition) is 1. The third-order valence-corrected chi connectivity index (χ3v) is 3.34. The molecule has 1 aromatic carbocycles. The van der Waals surface area contributed by atoms with Crippen LogP contribution in [0.1, 0.15) is 29.9 Å². The first kappa shape index (κ1) is 17.0. The second kappa shape index (κ2) is 7.28. The minimum atomic E-state index is -0.673. The Hall–Kier alpha value is -2.34. The Morgan fingerprint density at radius 3 is 2.57 bits per heavy atom. The van der Waals surface area contributed by atoms with Crippen molar-refractivity contribution in [1.29, 1.82) is 0 Å². The van der Waals surface area contributed by atoms with Gasteiger partial charge in [-0.3, -0.25) is 4.79 Å². The lowest BCUT2D eigenvalue weighted by Crippen LogP contribution is -2.34. The monoisotopic (exact) mass is 335 g/mol. The average molecular weight is 336 g/mol. The van der Waals surface area contributed by atoms with Crippen LogP contribution in [0.15, 0.2) is 30.3 Å². The van der Waals surface area contributed by atoms with Gasteiger partial charge in [-0.15, -0.1) is 0 Å². The summed E-state index contributed by atoms with van der Waals surface area (Å²) in [6.07, 6.45) is 0. The Morgan fingerprint density at radius 1 is 1.30 bits per heavy atom. The fourth-order valence-electron chi connectivity index (χ4n) is 2.04. The molecule has 0 aliphatic rings. The number of rotatable bonds is 5. The van der Waals surface area contributed by atoms with Gasteiger partial charge >= 0.3 is 5.97 Å². The number of nitrogens with zero attached hydrogens (tertiary/aromatic N) is 2. The molecule has 6 nitrogen and oxygen atoms in total. The largest absolute Gasteiger partial charge is 0.452 e. The molecule has 1 heterocycles. The molecule has 0 bridgehead atoms. The topological polar surface area (TPSA) is 73.2 Å². The quantitative estimate of drug-likeness (QED) is 0.852. The molecule has 2 rings (SSSR count). The van der Waals surface area contributed by atoms with Crippen LogP contribution in [0.4, 0.5) is 0 Å². The summed E-state index contributed by atoms with van der Waals surface area (Å²) in [6, 6.07) is 9.18. The molecule has 0 radical (unpaired) electrons. The molecule has 0 aliphatic heterocycles. The Bertz CT molecular complexity index is 711. The first-order chi connectivity index (χ1) is 10.9. The van der Waals surface area contributed by atoms with Crippen LogP contribution in [0.5, 0.6) is 0 Å². The minimum Gasteiger partial charge on any atom is -0.452 e. The van der Waals surface area contributed by atoms with Gasteiger partial charge in [0.15, 0.2) is 6.61 Å². The SMILES string of the molecule is Cc1nn(-c2ccccc2)c(Cl)c1C(=O)OCC(=O)NC(C)C. The fourth-order valence-corrected chi connectivity index (χ4v) is 2.39. The predicted molar refractivity (Wildman–Crippen MR) is 86.9 cm³/mol. The molecule has 0 atom stereocenters. The van der Waals surface area contributed by atoms with E-state index in [1.54, 1.807) is 6.92 Å². The summed E-state index contributed by atoms with van der Waals surface area (Å²) in [5.41, 5.74) is 1.33. The lowest BCUT2D eigenvalue weighted by atomic mass is 10.2. The number of benzene rings is 1. The molecular formula is C16H18ClN3O3. The van der Waals surface area contributed by atoms with Gasteiger partial charge in [0.25, 0.3) is 5.91 Å². The van der Waals surface area contributed by atoms with Crippen molar-refractivity contribution in [2.24, 2.45) is 0 Å². The molecular weight excluding hydrogens is 318 g/mol. The highest BCUT2D eigenvalue weighted by Gasteiger charge is 2.23. The maximum absolute atomic E-state index is 12.2. The lowest BCUT2D eigenvalue weighted by molar-refractivity contribution is -0.124. The van der Waals surface area contributed by atoms with Crippen LogP contribution in [0, 0.1) is 6.92 Å². The van der Waals surface area contributed by atoms with Crippen LogP contribution in [0.3, 0.4) is 0 Å². The highest BCUT2D eigenvalue weighted by Crippen LogP contribution is 2.24. The number of ether oxygens (including phenoxy) is 1. The van der Waals surface area contributed by atoms with Crippen molar-refractivity contribution in [3.05, 3.63) is 46.7 Å². The number of halogens is 1. The Morgan fingerprint density at radius 2 is 1.96 bits per heavy atom. The first-order valence-corrected chi connectivity index (χ1v) is 7.55. The predicted octanol–water partition coefficient (Wildman–Crippen LogP) is 2.52. The molecule has 0 unspecified atom stereocenters. The van der Waals surface area contributed by atoms with Gasteiger partial charge in [-0.05, 0) is 32.9 Å². The van der Waals surface area contributed by atoms with Crippen LogP contribution in [0.2, 0.25) is 5.15 Å². The molecule has 1 amide bonds. The van der Waals surface area contributed by atoms with Gasteiger partial charge in [0.2, 0.25) is 0 Å². The van der Waals surface area contributed by atoms with Crippen LogP contribution < -0.4 is 5.32 Å². The van der Waals surface area contributed by atoms with Crippen molar-refractivity contribution in [1.82, 2.24) is 15.1 Å². The van der Waals surface area contributed by atoms with Gasteiger partial charge in [0.1, 0.15) is 10.7 Å². The van der Waals surface area contributed by atoms with Gasteiger partial charge in [-0.1, -0.05) is 29.8 Å². The van der Waals surface area contributed by atoms with Crippen molar-refractivity contribution in [2.45, 2.75) is 26.8 Å². The zero-order chi connectivity index (χ0) is 17.0. The molecule has 122 valence electrons. The summed E-state index contributed by atoms with van der Waals surface area (Å²) in [7, 11) is 0. The number of carbonyl (C=O) groups is 2. The number of carbonyl (C=O) groups excluding carboxylic acids is 2. The van der Waals surface area contributed by atoms with E-state index in [1.807, 2.05) is 44.2 Å². The van der Waals surface area contributed by atoms with E-state index in [2.05, 4.69) is 10.4 Å². The lowest BCUT2D eigenvalue weighted by Gasteiger charge is -2.08. The molecule has 0 saturated carbocycles. The van der Waals surface area contributed by atoms with E-state index in [4.69, 9.17) is 16.3 Å². The summed E-state index contributed by atoms with van der Waals surface area (Å²) in [6.45, 7) is 4.95. The highest BCUT2D eigenvalue weighted by atomic mass is 35.5. The fraction of sp³-hybridized carbons (Fsp3) is 0.312. The van der Waals surface area contributed by atoms with Crippen LogP contribution in [-0.4, -0.2) is 34.3 Å². The number of amides is 1. The van der Waals surface area contributed by atoms with Crippen LogP contribution in [0.25, 0.3) is 5.69 Å². The third-order valence-electron chi connectivity index (χ3n) is 2.99. The number of aryl methyl sites for hydroxylation is 1. The van der Waals surface area contributed by atoms with Crippen LogP contribution in [-0.2, 0) is 9.53 Å². The molecule has 0 fully saturated rings. The maximum atomic E-state index is 12.2. The van der Waals surface area contributed by atoms with E-state index in [0.717, 1.165) is 5.69 Å². The second-order valence-electron chi connectivity index (χ2n) is 5.30. The molecule has 0 saturated heterocycles. The molecule has 0 spiro atoms. The van der Waals surface area contributed by atoms with E-state index in [1.165, 1.54) is 4.68 Å². The molecule has 0 aliphatic carbocycles. The van der Waals surface area contributed by atoms with Crippen molar-refractivity contribution >= 4 is 23.5 Å². The highest BCUT2D eigenvalue weighted by molar-refractivity contribution is 6.33. The van der Waals surface area contributed by atoms with E-state index < -0.39 is 5.97 Å². The third kappa shape index (κ3) is 4.10. The second-order valence-corrected chi connectivity index (χ2v) is 5.65. The number of nitrogens with one attached hydrogen (secondary N) is 1. The molecule has 23 heavy (non-hydrogen) atoms. The number of aromatic nitrogens is 2. The number of para-hydroxylation sites is 1. The molecule has 7 heteroatoms. The molecule has 1 aromatic heterocycles. The van der Waals surface area contributed by atoms with Gasteiger partial charge in [0, 0.05) is 6.04 Å². The smallest absolute Gasteiger partial charge is 0.343 e. The van der Waals surface area contributed by atoms with Gasteiger partial charge < -0.3 is 10.1 Å². The number of esters is 1. The van der Waals surface area contributed by atoms with Crippen molar-refractivity contribution in [2.75, 3.05) is 6.61 Å². The normalized spacial score (nSPS) is 10.7. The zero-order valence-electron chi connectivity index (χ0n) is 13.2. The molecule has 1 N–H and O–H groups in total. The van der Waals surface area contributed by atoms with Gasteiger partial charge in [-0.2, -0.15) is 5.10 Å². The summed E-state index contributed by atoms with van der Waals surface area (Å²) < 4.78 is 6.47. The van der Waals surface area contributed by atoms with Crippen molar-refractivity contribution < 1.29 is 14.3 Å². The summed E-state index contributed by atoms with van der Waals surface area (Å²) in [5, 5.41) is 7.06. The van der Waals surface area contributed by atoms with Crippen LogP contribution >= 0.6 is 11.6 Å². The van der Waals surface area contributed by atoms with Gasteiger partial charge in [0.05, 0.1) is 11.4 Å². The maximum Gasteiger partial charge on any atom is 0.343 e. The summed E-state index contributed by atoms with van der Waals surface area (Å²) >= 11 is 6.26. The Balaban J connectivity index is 2.16. The standard InChI is InChI=1S/C16H18ClN3O3/c1-10(2)18-13(21)9-23-16(22)14-11(3)19-20(15(14)17)12-7-5-4-6-8-12/h4-8,10H,9H2,1-3H3,(H,18,21). The number of hydrogen-bond acceptors (Lipinski definition) is 4. The zero-order valence-corrected chi connectivity index (χ0v) is 13.9. The Labute approximate surface area is 139 Å². The summed E-state index contributed by atoms with van der Waals surface area (Å²) in [5.74, 6) is -1.04. The first-order valence-electron chi connectivity index (χ1n) is 7.17.